The van der Waals surface area contributed by atoms with Gasteiger partial charge in [0.25, 0.3) is 0 Å². The summed E-state index contributed by atoms with van der Waals surface area (Å²) in [6, 6.07) is 15.6. The number of benzene rings is 2. The lowest BCUT2D eigenvalue weighted by atomic mass is 9.86. The lowest BCUT2D eigenvalue weighted by molar-refractivity contribution is -0.157. The normalized spacial score (nSPS) is 14.1. The van der Waals surface area contributed by atoms with Crippen molar-refractivity contribution in [1.82, 2.24) is 5.32 Å². The summed E-state index contributed by atoms with van der Waals surface area (Å²) < 4.78 is 10.3. The van der Waals surface area contributed by atoms with Gasteiger partial charge in [0.05, 0.1) is 18.6 Å². The van der Waals surface area contributed by atoms with Crippen LogP contribution in [0.5, 0.6) is 0 Å². The van der Waals surface area contributed by atoms with Gasteiger partial charge in [0, 0.05) is 17.7 Å². The lowest BCUT2D eigenvalue weighted by Gasteiger charge is -2.27. The molecule has 0 heterocycles. The Morgan fingerprint density at radius 2 is 1.59 bits per heavy atom. The van der Waals surface area contributed by atoms with Crippen molar-refractivity contribution >= 4 is 12.1 Å². The summed E-state index contributed by atoms with van der Waals surface area (Å²) in [6.45, 7) is 2.98. The average molecular weight is 369 g/mol. The SMILES string of the molecule is COC(=O)C(C)(C)[C@H](O)CNC(=O)OC1c2ccccc2-c2ccccc21. The molecule has 6 heteroatoms. The number of rotatable bonds is 5. The maximum absolute atomic E-state index is 12.3. The summed E-state index contributed by atoms with van der Waals surface area (Å²) >= 11 is 0. The Morgan fingerprint density at radius 1 is 1.07 bits per heavy atom. The highest BCUT2D eigenvalue weighted by atomic mass is 16.6. The largest absolute Gasteiger partial charge is 0.469 e. The lowest BCUT2D eigenvalue weighted by Crippen LogP contribution is -2.45. The van der Waals surface area contributed by atoms with Gasteiger partial charge in [-0.1, -0.05) is 48.5 Å². The standard InChI is InChI=1S/C21H23NO5/c1-21(2,19(24)26-3)17(23)12-22-20(25)27-18-15-10-6-4-8-13(15)14-9-5-7-11-16(14)18/h4-11,17-18,23H,12H2,1-3H3,(H,22,25)/t17-/m1/s1. The number of carbonyl (C=O) groups excluding carboxylic acids is 2. The van der Waals surface area contributed by atoms with Crippen LogP contribution >= 0.6 is 0 Å². The molecule has 142 valence electrons. The molecule has 0 aliphatic heterocycles. The van der Waals surface area contributed by atoms with E-state index in [-0.39, 0.29) is 6.54 Å². The molecule has 2 aromatic carbocycles. The highest BCUT2D eigenvalue weighted by Crippen LogP contribution is 2.44. The van der Waals surface area contributed by atoms with Crippen molar-refractivity contribution in [2.75, 3.05) is 13.7 Å². The van der Waals surface area contributed by atoms with Gasteiger partial charge in [0.2, 0.25) is 0 Å². The molecule has 0 fully saturated rings. The van der Waals surface area contributed by atoms with Crippen molar-refractivity contribution in [2.45, 2.75) is 26.1 Å². The Balaban J connectivity index is 1.69. The van der Waals surface area contributed by atoms with E-state index >= 15 is 0 Å². The van der Waals surface area contributed by atoms with Gasteiger partial charge in [-0.25, -0.2) is 4.79 Å². The van der Waals surface area contributed by atoms with Crippen LogP contribution in [0.4, 0.5) is 4.79 Å². The minimum Gasteiger partial charge on any atom is -0.469 e. The second kappa shape index (κ2) is 7.40. The fraction of sp³-hybridized carbons (Fsp3) is 0.333. The van der Waals surface area contributed by atoms with Crippen LogP contribution in [-0.2, 0) is 14.3 Å². The Morgan fingerprint density at radius 3 is 2.11 bits per heavy atom. The van der Waals surface area contributed by atoms with Gasteiger partial charge in [-0.3, -0.25) is 4.79 Å². The second-order valence-corrected chi connectivity index (χ2v) is 7.07. The van der Waals surface area contributed by atoms with E-state index in [1.54, 1.807) is 13.8 Å². The fourth-order valence-corrected chi connectivity index (χ4v) is 3.22. The minimum atomic E-state index is -1.14. The quantitative estimate of drug-likeness (QED) is 0.792. The van der Waals surface area contributed by atoms with Gasteiger partial charge in [-0.05, 0) is 25.0 Å². The zero-order chi connectivity index (χ0) is 19.6. The van der Waals surface area contributed by atoms with Crippen molar-refractivity contribution in [2.24, 2.45) is 5.41 Å². The molecule has 1 aliphatic carbocycles. The van der Waals surface area contributed by atoms with Crippen molar-refractivity contribution < 1.29 is 24.2 Å². The summed E-state index contributed by atoms with van der Waals surface area (Å²) in [5.41, 5.74) is 2.78. The number of nitrogens with one attached hydrogen (secondary N) is 1. The van der Waals surface area contributed by atoms with Crippen LogP contribution in [-0.4, -0.2) is 36.9 Å². The molecule has 0 spiro atoms. The molecule has 1 atom stereocenters. The number of aliphatic hydroxyl groups is 1. The molecule has 0 aromatic heterocycles. The van der Waals surface area contributed by atoms with E-state index in [4.69, 9.17) is 4.74 Å². The molecule has 27 heavy (non-hydrogen) atoms. The van der Waals surface area contributed by atoms with Crippen LogP contribution < -0.4 is 5.32 Å². The first-order chi connectivity index (χ1) is 12.9. The van der Waals surface area contributed by atoms with E-state index in [0.29, 0.717) is 0 Å². The molecule has 1 aliphatic rings. The van der Waals surface area contributed by atoms with Gasteiger partial charge in [-0.2, -0.15) is 0 Å². The summed E-state index contributed by atoms with van der Waals surface area (Å²) in [4.78, 5) is 24.1. The summed E-state index contributed by atoms with van der Waals surface area (Å²) in [5.74, 6) is -0.552. The first-order valence-corrected chi connectivity index (χ1v) is 8.75. The molecule has 6 nitrogen and oxygen atoms in total. The number of esters is 1. The molecule has 0 bridgehead atoms. The first kappa shape index (κ1) is 18.9. The van der Waals surface area contributed by atoms with Crippen LogP contribution in [0.25, 0.3) is 11.1 Å². The zero-order valence-electron chi connectivity index (χ0n) is 15.6. The number of aliphatic hydroxyl groups excluding tert-OH is 1. The van der Waals surface area contributed by atoms with Gasteiger partial charge >= 0.3 is 12.1 Å². The van der Waals surface area contributed by atoms with Crippen molar-refractivity contribution in [3.05, 3.63) is 59.7 Å². The van der Waals surface area contributed by atoms with Crippen molar-refractivity contribution in [3.63, 3.8) is 0 Å². The molecular formula is C21H23NO5. The number of ether oxygens (including phenoxy) is 2. The number of fused-ring (bicyclic) bond motifs is 3. The minimum absolute atomic E-state index is 0.128. The summed E-state index contributed by atoms with van der Waals surface area (Å²) in [5, 5.41) is 12.8. The summed E-state index contributed by atoms with van der Waals surface area (Å²) in [7, 11) is 1.26. The molecule has 0 radical (unpaired) electrons. The number of methoxy groups -OCH3 is 1. The van der Waals surface area contributed by atoms with Crippen LogP contribution in [0.15, 0.2) is 48.5 Å². The molecule has 0 unspecified atom stereocenters. The third kappa shape index (κ3) is 3.53. The third-order valence-corrected chi connectivity index (χ3v) is 4.99. The summed E-state index contributed by atoms with van der Waals surface area (Å²) in [6.07, 6.45) is -2.28. The predicted molar refractivity (Wildman–Crippen MR) is 100 cm³/mol. The Kier molecular flexibility index (Phi) is 5.19. The van der Waals surface area contributed by atoms with Crippen molar-refractivity contribution in [3.8, 4) is 11.1 Å². The molecule has 1 amide bonds. The maximum atomic E-state index is 12.3. The molecule has 2 N–H and O–H groups in total. The molecule has 3 rings (SSSR count). The topological polar surface area (TPSA) is 84.9 Å². The number of hydrogen-bond donors (Lipinski definition) is 2. The highest BCUT2D eigenvalue weighted by molar-refractivity contribution is 5.80. The Labute approximate surface area is 158 Å². The van der Waals surface area contributed by atoms with E-state index in [1.165, 1.54) is 7.11 Å². The van der Waals surface area contributed by atoms with Gasteiger partial charge in [0.15, 0.2) is 6.10 Å². The van der Waals surface area contributed by atoms with Crippen molar-refractivity contribution in [1.29, 1.82) is 0 Å². The smallest absolute Gasteiger partial charge is 0.408 e. The van der Waals surface area contributed by atoms with Crippen LogP contribution in [0.2, 0.25) is 0 Å². The Bertz CT molecular complexity index is 816. The van der Waals surface area contributed by atoms with Crippen LogP contribution in [0.3, 0.4) is 0 Å². The highest BCUT2D eigenvalue weighted by Gasteiger charge is 2.37. The number of alkyl carbamates (subject to hydrolysis) is 1. The number of carbonyl (C=O) groups is 2. The molecular weight excluding hydrogens is 346 g/mol. The van der Waals surface area contributed by atoms with Gasteiger partial charge in [0.1, 0.15) is 0 Å². The predicted octanol–water partition coefficient (Wildman–Crippen LogP) is 3.04. The van der Waals surface area contributed by atoms with Crippen LogP contribution in [0.1, 0.15) is 31.1 Å². The maximum Gasteiger partial charge on any atom is 0.408 e. The average Bonchev–Trinajstić information content (AvgIpc) is 2.99. The first-order valence-electron chi connectivity index (χ1n) is 8.75. The second-order valence-electron chi connectivity index (χ2n) is 7.07. The van der Waals surface area contributed by atoms with E-state index in [0.717, 1.165) is 22.3 Å². The molecule has 0 saturated heterocycles. The molecule has 0 saturated carbocycles. The number of hydrogen-bond acceptors (Lipinski definition) is 5. The van der Waals surface area contributed by atoms with Gasteiger partial charge < -0.3 is 19.9 Å². The van der Waals surface area contributed by atoms with E-state index in [9.17, 15) is 14.7 Å². The Hall–Kier alpha value is -2.86. The molecule has 2 aromatic rings. The monoisotopic (exact) mass is 369 g/mol. The third-order valence-electron chi connectivity index (χ3n) is 4.99. The van der Waals surface area contributed by atoms with Gasteiger partial charge in [-0.15, -0.1) is 0 Å². The van der Waals surface area contributed by atoms with E-state index in [1.807, 2.05) is 48.5 Å². The van der Waals surface area contributed by atoms with E-state index in [2.05, 4.69) is 10.1 Å². The van der Waals surface area contributed by atoms with E-state index < -0.39 is 29.7 Å². The number of amides is 1. The fourth-order valence-electron chi connectivity index (χ4n) is 3.22. The van der Waals surface area contributed by atoms with Crippen LogP contribution in [0, 0.1) is 5.41 Å². The zero-order valence-corrected chi connectivity index (χ0v) is 15.6.